The summed E-state index contributed by atoms with van der Waals surface area (Å²) in [5.41, 5.74) is -0.228. The number of ether oxygens (including phenoxy) is 2. The number of rotatable bonds is 5. The first-order valence-electron chi connectivity index (χ1n) is 8.41. The minimum Gasteiger partial charge on any atom is -0.473 e. The average molecular weight is 380 g/mol. The van der Waals surface area contributed by atoms with Crippen LogP contribution in [0.15, 0.2) is 18.3 Å². The van der Waals surface area contributed by atoms with Crippen LogP contribution in [0, 0.1) is 5.92 Å². The molecule has 0 unspecified atom stereocenters. The molecule has 1 atom stereocenters. The van der Waals surface area contributed by atoms with Gasteiger partial charge in [0.25, 0.3) is 11.1 Å². The van der Waals surface area contributed by atoms with E-state index in [-0.39, 0.29) is 11.6 Å². The number of amides is 1. The predicted octanol–water partition coefficient (Wildman–Crippen LogP) is 3.57. The van der Waals surface area contributed by atoms with Crippen LogP contribution in [-0.4, -0.2) is 41.7 Å². The highest BCUT2D eigenvalue weighted by Gasteiger charge is 2.43. The van der Waals surface area contributed by atoms with Gasteiger partial charge in [-0.2, -0.15) is 0 Å². The van der Waals surface area contributed by atoms with Crippen molar-refractivity contribution in [1.82, 2.24) is 15.2 Å². The van der Waals surface area contributed by atoms with E-state index in [4.69, 9.17) is 9.47 Å². The fourth-order valence-corrected chi connectivity index (χ4v) is 5.15. The first-order valence-corrected chi connectivity index (χ1v) is 10.0. The summed E-state index contributed by atoms with van der Waals surface area (Å²) in [4.78, 5) is 19.8. The number of thiazole rings is 1. The Hall–Kier alpha value is -1.64. The molecule has 5 heterocycles. The molecule has 3 aliphatic heterocycles. The molecule has 0 aromatic carbocycles. The van der Waals surface area contributed by atoms with E-state index in [2.05, 4.69) is 22.1 Å². The Bertz CT molecular complexity index is 767. The molecule has 0 radical (unpaired) electrons. The van der Waals surface area contributed by atoms with Crippen LogP contribution in [-0.2, 0) is 0 Å². The second-order valence-electron chi connectivity index (χ2n) is 6.73. The maximum atomic E-state index is 12.7. The molecular formula is C17H21N3O3S2. The van der Waals surface area contributed by atoms with Crippen molar-refractivity contribution in [2.45, 2.75) is 31.8 Å². The van der Waals surface area contributed by atoms with Crippen LogP contribution >= 0.6 is 22.7 Å². The van der Waals surface area contributed by atoms with Gasteiger partial charge in [-0.25, -0.2) is 4.98 Å². The van der Waals surface area contributed by atoms with Crippen molar-refractivity contribution in [3.8, 4) is 15.3 Å². The minimum atomic E-state index is -0.228. The lowest BCUT2D eigenvalue weighted by Crippen LogP contribution is -2.65. The third kappa shape index (κ3) is 3.38. The number of hydrogen-bond acceptors (Lipinski definition) is 7. The zero-order chi connectivity index (χ0) is 17.4. The van der Waals surface area contributed by atoms with Gasteiger partial charge >= 0.3 is 0 Å². The number of fused-ring (bicyclic) bond motifs is 3. The third-order valence-corrected chi connectivity index (χ3v) is 6.82. The summed E-state index contributed by atoms with van der Waals surface area (Å²) < 4.78 is 10.8. The van der Waals surface area contributed by atoms with Crippen LogP contribution in [0.2, 0.25) is 0 Å². The average Bonchev–Trinajstić information content (AvgIpc) is 3.25. The summed E-state index contributed by atoms with van der Waals surface area (Å²) in [6.45, 7) is 4.30. The largest absolute Gasteiger partial charge is 0.473 e. The van der Waals surface area contributed by atoms with Crippen molar-refractivity contribution in [3.05, 3.63) is 23.2 Å². The lowest BCUT2D eigenvalue weighted by Gasteiger charge is -2.52. The summed E-state index contributed by atoms with van der Waals surface area (Å²) >= 11 is 2.67. The van der Waals surface area contributed by atoms with Gasteiger partial charge in [0.2, 0.25) is 5.06 Å². The Balaban J connectivity index is 1.42. The Kier molecular flexibility index (Phi) is 4.43. The van der Waals surface area contributed by atoms with Gasteiger partial charge in [-0.1, -0.05) is 11.3 Å². The van der Waals surface area contributed by atoms with Gasteiger partial charge in [0.15, 0.2) is 5.06 Å². The summed E-state index contributed by atoms with van der Waals surface area (Å²) in [6, 6.07) is 3.63. The van der Waals surface area contributed by atoms with Crippen molar-refractivity contribution >= 4 is 28.6 Å². The SMILES string of the molecule is COc1ncc(Oc2ccc(C(=O)N[C@]3(C)CC4CCN3CC4)s2)s1. The van der Waals surface area contributed by atoms with Crippen LogP contribution in [0.5, 0.6) is 15.3 Å². The van der Waals surface area contributed by atoms with Crippen molar-refractivity contribution in [1.29, 1.82) is 0 Å². The molecule has 0 spiro atoms. The van der Waals surface area contributed by atoms with Gasteiger partial charge in [-0.15, -0.1) is 0 Å². The summed E-state index contributed by atoms with van der Waals surface area (Å²) in [7, 11) is 1.57. The number of carbonyl (C=O) groups excluding carboxylic acids is 1. The molecule has 0 saturated carbocycles. The van der Waals surface area contributed by atoms with E-state index < -0.39 is 0 Å². The minimum absolute atomic E-state index is 0.0308. The zero-order valence-electron chi connectivity index (χ0n) is 14.3. The molecule has 3 fully saturated rings. The standard InChI is InChI=1S/C17H21N3O3S2/c1-17(9-11-5-7-20(17)8-6-11)19-15(21)12-3-4-13(24-12)23-14-10-18-16(22-2)25-14/h3-4,10-11H,5-9H2,1-2H3,(H,19,21)/t17-/m0/s1. The Labute approximate surface area is 154 Å². The lowest BCUT2D eigenvalue weighted by atomic mass is 9.80. The molecule has 6 nitrogen and oxygen atoms in total. The van der Waals surface area contributed by atoms with E-state index in [9.17, 15) is 4.79 Å². The Morgan fingerprint density at radius 2 is 2.12 bits per heavy atom. The highest BCUT2D eigenvalue weighted by Crippen LogP contribution is 2.38. The number of aromatic nitrogens is 1. The molecular weight excluding hydrogens is 358 g/mol. The van der Waals surface area contributed by atoms with Crippen LogP contribution in [0.4, 0.5) is 0 Å². The third-order valence-electron chi connectivity index (χ3n) is 5.03. The highest BCUT2D eigenvalue weighted by molar-refractivity contribution is 7.16. The maximum Gasteiger partial charge on any atom is 0.276 e. The summed E-state index contributed by atoms with van der Waals surface area (Å²) in [6.07, 6.45) is 5.16. The number of nitrogens with one attached hydrogen (secondary N) is 1. The van der Waals surface area contributed by atoms with Crippen molar-refractivity contribution < 1.29 is 14.3 Å². The molecule has 2 aromatic rings. The molecule has 25 heavy (non-hydrogen) atoms. The molecule has 0 aliphatic carbocycles. The first kappa shape index (κ1) is 16.8. The lowest BCUT2D eigenvalue weighted by molar-refractivity contribution is -0.0346. The number of hydrogen-bond donors (Lipinski definition) is 1. The fourth-order valence-electron chi connectivity index (χ4n) is 3.74. The molecule has 8 heteroatoms. The monoisotopic (exact) mass is 379 g/mol. The molecule has 1 N–H and O–H groups in total. The highest BCUT2D eigenvalue weighted by atomic mass is 32.1. The van der Waals surface area contributed by atoms with Gasteiger partial charge < -0.3 is 14.8 Å². The Morgan fingerprint density at radius 3 is 2.76 bits per heavy atom. The van der Waals surface area contributed by atoms with Gasteiger partial charge in [0, 0.05) is 13.1 Å². The van der Waals surface area contributed by atoms with Crippen LogP contribution in [0.25, 0.3) is 0 Å². The molecule has 5 rings (SSSR count). The number of carbonyl (C=O) groups is 1. The normalized spacial score (nSPS) is 27.9. The molecule has 3 saturated heterocycles. The first-order chi connectivity index (χ1) is 12.1. The van der Waals surface area contributed by atoms with Crippen LogP contribution in [0.3, 0.4) is 0 Å². The molecule has 1 amide bonds. The van der Waals surface area contributed by atoms with E-state index in [0.29, 0.717) is 20.2 Å². The van der Waals surface area contributed by atoms with Crippen LogP contribution < -0.4 is 14.8 Å². The van der Waals surface area contributed by atoms with E-state index in [1.807, 2.05) is 12.1 Å². The van der Waals surface area contributed by atoms with Crippen LogP contribution in [0.1, 0.15) is 35.9 Å². The Morgan fingerprint density at radius 1 is 1.32 bits per heavy atom. The maximum absolute atomic E-state index is 12.7. The van der Waals surface area contributed by atoms with Gasteiger partial charge in [-0.05, 0) is 55.6 Å². The fraction of sp³-hybridized carbons (Fsp3) is 0.529. The zero-order valence-corrected chi connectivity index (χ0v) is 15.9. The van der Waals surface area contributed by atoms with Gasteiger partial charge in [0.05, 0.1) is 23.8 Å². The smallest absolute Gasteiger partial charge is 0.276 e. The predicted molar refractivity (Wildman–Crippen MR) is 97.8 cm³/mol. The number of piperidine rings is 3. The number of methoxy groups -OCH3 is 1. The van der Waals surface area contributed by atoms with Crippen molar-refractivity contribution in [3.63, 3.8) is 0 Å². The summed E-state index contributed by atoms with van der Waals surface area (Å²) in [5.74, 6) is 0.704. The second kappa shape index (κ2) is 6.59. The number of nitrogens with zero attached hydrogens (tertiary/aromatic N) is 2. The van der Waals surface area contributed by atoms with Gasteiger partial charge in [-0.3, -0.25) is 9.69 Å². The van der Waals surface area contributed by atoms with E-state index in [0.717, 1.165) is 25.4 Å². The topological polar surface area (TPSA) is 63.7 Å². The molecule has 2 aromatic heterocycles. The molecule has 2 bridgehead atoms. The molecule has 3 aliphatic rings. The summed E-state index contributed by atoms with van der Waals surface area (Å²) in [5, 5.41) is 5.12. The van der Waals surface area contributed by atoms with E-state index >= 15 is 0 Å². The quantitative estimate of drug-likeness (QED) is 0.860. The van der Waals surface area contributed by atoms with Crippen molar-refractivity contribution in [2.24, 2.45) is 5.92 Å². The van der Waals surface area contributed by atoms with E-state index in [1.165, 1.54) is 35.5 Å². The van der Waals surface area contributed by atoms with E-state index in [1.54, 1.807) is 13.3 Å². The second-order valence-corrected chi connectivity index (χ2v) is 8.73. The van der Waals surface area contributed by atoms with Crippen molar-refractivity contribution in [2.75, 3.05) is 20.2 Å². The van der Waals surface area contributed by atoms with Gasteiger partial charge in [0.1, 0.15) is 0 Å². The number of thiophene rings is 1. The molecule has 134 valence electrons.